The van der Waals surface area contributed by atoms with Gasteiger partial charge in [-0.05, 0) is 43.2 Å². The third-order valence-electron chi connectivity index (χ3n) is 3.50. The molecule has 0 heterocycles. The van der Waals surface area contributed by atoms with Crippen LogP contribution in [0.4, 0.5) is 5.69 Å². The van der Waals surface area contributed by atoms with E-state index in [1.807, 2.05) is 31.2 Å². The van der Waals surface area contributed by atoms with E-state index in [2.05, 4.69) is 33.0 Å². The van der Waals surface area contributed by atoms with Crippen molar-refractivity contribution < 1.29 is 4.79 Å². The van der Waals surface area contributed by atoms with E-state index in [9.17, 15) is 4.79 Å². The summed E-state index contributed by atoms with van der Waals surface area (Å²) in [5.74, 6) is 0.540. The molecular weight excluding hydrogens is 248 g/mol. The quantitative estimate of drug-likeness (QED) is 0.797. The Kier molecular flexibility index (Phi) is 5.61. The van der Waals surface area contributed by atoms with Crippen molar-refractivity contribution >= 4 is 11.6 Å². The first kappa shape index (κ1) is 16.5. The number of aryl methyl sites for hydroxylation is 1. The minimum Gasteiger partial charge on any atom is -0.371 e. The molecular formula is C17H28N2O. The highest BCUT2D eigenvalue weighted by Crippen LogP contribution is 2.30. The number of hydrogen-bond acceptors (Lipinski definition) is 2. The van der Waals surface area contributed by atoms with Gasteiger partial charge in [-0.15, -0.1) is 0 Å². The summed E-state index contributed by atoms with van der Waals surface area (Å²) in [5, 5.41) is 3.45. The number of anilines is 1. The van der Waals surface area contributed by atoms with Crippen molar-refractivity contribution in [3.8, 4) is 0 Å². The van der Waals surface area contributed by atoms with Gasteiger partial charge in [0.15, 0.2) is 0 Å². The fourth-order valence-corrected chi connectivity index (χ4v) is 2.81. The minimum absolute atomic E-state index is 0.261. The van der Waals surface area contributed by atoms with Crippen molar-refractivity contribution in [1.29, 1.82) is 0 Å². The lowest BCUT2D eigenvalue weighted by atomic mass is 9.80. The van der Waals surface area contributed by atoms with E-state index in [1.165, 1.54) is 0 Å². The van der Waals surface area contributed by atoms with E-state index in [4.69, 9.17) is 5.73 Å². The normalized spacial score (nSPS) is 11.9. The van der Waals surface area contributed by atoms with Crippen LogP contribution >= 0.6 is 0 Å². The molecule has 3 nitrogen and oxygen atoms in total. The van der Waals surface area contributed by atoms with Gasteiger partial charge in [0.05, 0.1) is 0 Å². The first-order valence-corrected chi connectivity index (χ1v) is 7.40. The van der Waals surface area contributed by atoms with Gasteiger partial charge in [0, 0.05) is 5.69 Å². The van der Waals surface area contributed by atoms with Crippen LogP contribution in [0.2, 0.25) is 0 Å². The summed E-state index contributed by atoms with van der Waals surface area (Å²) in [6.45, 7) is 10.5. The Labute approximate surface area is 122 Å². The van der Waals surface area contributed by atoms with Crippen LogP contribution in [0, 0.1) is 18.8 Å². The molecule has 0 saturated heterocycles. The number of amides is 1. The number of benzene rings is 1. The predicted octanol–water partition coefficient (Wildman–Crippen LogP) is 3.72. The molecule has 0 aliphatic carbocycles. The maximum atomic E-state index is 12.2. The van der Waals surface area contributed by atoms with Gasteiger partial charge in [0.25, 0.3) is 0 Å². The second-order valence-electron chi connectivity index (χ2n) is 6.58. The maximum Gasteiger partial charge on any atom is 0.243 e. The van der Waals surface area contributed by atoms with E-state index in [1.54, 1.807) is 0 Å². The fourth-order valence-electron chi connectivity index (χ4n) is 2.81. The summed E-state index contributed by atoms with van der Waals surface area (Å²) >= 11 is 0. The van der Waals surface area contributed by atoms with Gasteiger partial charge in [0.2, 0.25) is 5.91 Å². The third kappa shape index (κ3) is 4.26. The van der Waals surface area contributed by atoms with E-state index >= 15 is 0 Å². The third-order valence-corrected chi connectivity index (χ3v) is 3.50. The van der Waals surface area contributed by atoms with E-state index < -0.39 is 5.54 Å². The SMILES string of the molecule is Cc1ccccc1NC(CC(C)C)(CC(C)C)C(N)=O. The molecule has 1 aromatic rings. The highest BCUT2D eigenvalue weighted by atomic mass is 16.1. The minimum atomic E-state index is -0.672. The number of hydrogen-bond donors (Lipinski definition) is 2. The van der Waals surface area contributed by atoms with Crippen molar-refractivity contribution in [2.75, 3.05) is 5.32 Å². The van der Waals surface area contributed by atoms with Gasteiger partial charge in [0.1, 0.15) is 5.54 Å². The molecule has 0 fully saturated rings. The molecule has 0 bridgehead atoms. The summed E-state index contributed by atoms with van der Waals surface area (Å²) in [5.41, 5.74) is 7.22. The highest BCUT2D eigenvalue weighted by Gasteiger charge is 2.38. The highest BCUT2D eigenvalue weighted by molar-refractivity contribution is 5.88. The molecule has 1 amide bonds. The van der Waals surface area contributed by atoms with E-state index in [0.29, 0.717) is 11.8 Å². The molecule has 0 aliphatic rings. The lowest BCUT2D eigenvalue weighted by molar-refractivity contribution is -0.123. The first-order valence-electron chi connectivity index (χ1n) is 7.40. The van der Waals surface area contributed by atoms with Gasteiger partial charge in [-0.3, -0.25) is 4.79 Å². The van der Waals surface area contributed by atoms with Crippen LogP contribution in [0.3, 0.4) is 0 Å². The maximum absolute atomic E-state index is 12.2. The Morgan fingerprint density at radius 1 is 1.15 bits per heavy atom. The summed E-state index contributed by atoms with van der Waals surface area (Å²) in [7, 11) is 0. The molecule has 0 saturated carbocycles. The van der Waals surface area contributed by atoms with Gasteiger partial charge in [-0.1, -0.05) is 45.9 Å². The Hall–Kier alpha value is -1.51. The summed E-state index contributed by atoms with van der Waals surface area (Å²) in [6, 6.07) is 8.02. The smallest absolute Gasteiger partial charge is 0.243 e. The monoisotopic (exact) mass is 276 g/mol. The van der Waals surface area contributed by atoms with Crippen LogP contribution in [-0.4, -0.2) is 11.4 Å². The molecule has 20 heavy (non-hydrogen) atoms. The Morgan fingerprint density at radius 2 is 1.65 bits per heavy atom. The second-order valence-corrected chi connectivity index (χ2v) is 6.58. The number of nitrogens with one attached hydrogen (secondary N) is 1. The van der Waals surface area contributed by atoms with Crippen LogP contribution in [0.15, 0.2) is 24.3 Å². The second kappa shape index (κ2) is 6.78. The number of primary amides is 1. The van der Waals surface area contributed by atoms with Crippen molar-refractivity contribution in [2.24, 2.45) is 17.6 Å². The lowest BCUT2D eigenvalue weighted by Gasteiger charge is -2.36. The number of para-hydroxylation sites is 1. The van der Waals surface area contributed by atoms with Gasteiger partial charge < -0.3 is 11.1 Å². The van der Waals surface area contributed by atoms with Crippen molar-refractivity contribution in [3.63, 3.8) is 0 Å². The zero-order chi connectivity index (χ0) is 15.3. The summed E-state index contributed by atoms with van der Waals surface area (Å²) in [6.07, 6.45) is 1.49. The van der Waals surface area contributed by atoms with Crippen LogP contribution in [0.5, 0.6) is 0 Å². The van der Waals surface area contributed by atoms with Gasteiger partial charge in [-0.2, -0.15) is 0 Å². The first-order chi connectivity index (χ1) is 9.27. The van der Waals surface area contributed by atoms with Gasteiger partial charge >= 0.3 is 0 Å². The summed E-state index contributed by atoms with van der Waals surface area (Å²) < 4.78 is 0. The van der Waals surface area contributed by atoms with Crippen LogP contribution < -0.4 is 11.1 Å². The zero-order valence-corrected chi connectivity index (χ0v) is 13.4. The van der Waals surface area contributed by atoms with E-state index in [0.717, 1.165) is 24.1 Å². The molecule has 0 radical (unpaired) electrons. The largest absolute Gasteiger partial charge is 0.371 e. The topological polar surface area (TPSA) is 55.1 Å². The molecule has 0 atom stereocenters. The molecule has 3 N–H and O–H groups in total. The predicted molar refractivity (Wildman–Crippen MR) is 85.6 cm³/mol. The molecule has 0 spiro atoms. The van der Waals surface area contributed by atoms with Crippen LogP contribution in [0.1, 0.15) is 46.1 Å². The molecule has 0 aliphatic heterocycles. The number of carbonyl (C=O) groups is 1. The Balaban J connectivity index is 3.14. The number of rotatable bonds is 7. The molecule has 1 rings (SSSR count). The number of nitrogens with two attached hydrogens (primary N) is 1. The molecule has 0 unspecified atom stereocenters. The van der Waals surface area contributed by atoms with Crippen LogP contribution in [-0.2, 0) is 4.79 Å². The number of carbonyl (C=O) groups excluding carboxylic acids is 1. The average molecular weight is 276 g/mol. The van der Waals surface area contributed by atoms with Gasteiger partial charge in [-0.25, -0.2) is 0 Å². The summed E-state index contributed by atoms with van der Waals surface area (Å²) in [4.78, 5) is 12.2. The Morgan fingerprint density at radius 3 is 2.05 bits per heavy atom. The standard InChI is InChI=1S/C17H28N2O/c1-12(2)10-17(16(18)20,11-13(3)4)19-15-9-7-6-8-14(15)5/h6-9,12-13,19H,10-11H2,1-5H3,(H2,18,20). The average Bonchev–Trinajstić information content (AvgIpc) is 2.30. The van der Waals surface area contributed by atoms with Crippen LogP contribution in [0.25, 0.3) is 0 Å². The van der Waals surface area contributed by atoms with E-state index in [-0.39, 0.29) is 5.91 Å². The van der Waals surface area contributed by atoms with Crippen molar-refractivity contribution in [2.45, 2.75) is 53.0 Å². The lowest BCUT2D eigenvalue weighted by Crippen LogP contribution is -2.52. The molecule has 112 valence electrons. The Bertz CT molecular complexity index is 442. The zero-order valence-electron chi connectivity index (χ0n) is 13.4. The van der Waals surface area contributed by atoms with Crippen molar-refractivity contribution in [3.05, 3.63) is 29.8 Å². The fraction of sp³-hybridized carbons (Fsp3) is 0.588. The molecule has 0 aromatic heterocycles. The van der Waals surface area contributed by atoms with Crippen molar-refractivity contribution in [1.82, 2.24) is 0 Å². The molecule has 1 aromatic carbocycles. The molecule has 3 heteroatoms.